The van der Waals surface area contributed by atoms with E-state index in [-0.39, 0.29) is 16.1 Å². The predicted molar refractivity (Wildman–Crippen MR) is 75.0 cm³/mol. The number of hydrogen-bond acceptors (Lipinski definition) is 2. The fourth-order valence-corrected chi connectivity index (χ4v) is 1.73. The van der Waals surface area contributed by atoms with Gasteiger partial charge in [-0.15, -0.1) is 0 Å². The topological polar surface area (TPSA) is 41.1 Å². The molecule has 6 heteroatoms. The Balaban J connectivity index is 2.69. The minimum Gasteiger partial charge on any atom is -0.371 e. The van der Waals surface area contributed by atoms with E-state index in [1.54, 1.807) is 6.92 Å². The molecule has 1 aromatic rings. The van der Waals surface area contributed by atoms with Crippen molar-refractivity contribution >= 4 is 27.5 Å². The first-order valence-electron chi connectivity index (χ1n) is 6.00. The molecule has 1 aromatic carbocycles. The molecule has 19 heavy (non-hydrogen) atoms. The van der Waals surface area contributed by atoms with Crippen molar-refractivity contribution in [2.75, 3.05) is 11.9 Å². The molecular formula is C13H17BrF2N2O. The maximum absolute atomic E-state index is 13.5. The Hall–Kier alpha value is -1.17. The van der Waals surface area contributed by atoms with Gasteiger partial charge in [0.15, 0.2) is 0 Å². The molecule has 0 radical (unpaired) electrons. The smallest absolute Gasteiger partial charge is 0.242 e. The summed E-state index contributed by atoms with van der Waals surface area (Å²) < 4.78 is 26.7. The minimum absolute atomic E-state index is 0.0838. The van der Waals surface area contributed by atoms with Crippen molar-refractivity contribution in [3.63, 3.8) is 0 Å². The zero-order chi connectivity index (χ0) is 14.6. The van der Waals surface area contributed by atoms with Crippen LogP contribution < -0.4 is 10.6 Å². The van der Waals surface area contributed by atoms with Crippen molar-refractivity contribution < 1.29 is 13.6 Å². The van der Waals surface area contributed by atoms with Crippen LogP contribution in [0.4, 0.5) is 14.5 Å². The SMILES string of the molecule is CC(C)CNC(=O)C(C)Nc1cc(Br)c(F)cc1F. The van der Waals surface area contributed by atoms with Gasteiger partial charge in [0.1, 0.15) is 17.7 Å². The number of nitrogens with one attached hydrogen (secondary N) is 2. The normalized spacial score (nSPS) is 12.4. The highest BCUT2D eigenvalue weighted by Crippen LogP contribution is 2.24. The fourth-order valence-electron chi connectivity index (χ4n) is 1.39. The number of benzene rings is 1. The van der Waals surface area contributed by atoms with Crippen LogP contribution in [0.1, 0.15) is 20.8 Å². The molecular weight excluding hydrogens is 318 g/mol. The summed E-state index contributed by atoms with van der Waals surface area (Å²) in [4.78, 5) is 11.7. The summed E-state index contributed by atoms with van der Waals surface area (Å²) in [7, 11) is 0. The molecule has 2 N–H and O–H groups in total. The molecule has 0 fully saturated rings. The summed E-state index contributed by atoms with van der Waals surface area (Å²) in [6.07, 6.45) is 0. The molecule has 1 amide bonds. The summed E-state index contributed by atoms with van der Waals surface area (Å²) in [5, 5.41) is 5.46. The zero-order valence-corrected chi connectivity index (χ0v) is 12.6. The van der Waals surface area contributed by atoms with Crippen LogP contribution in [-0.4, -0.2) is 18.5 Å². The molecule has 3 nitrogen and oxygen atoms in total. The number of halogens is 3. The molecule has 0 heterocycles. The average molecular weight is 335 g/mol. The maximum Gasteiger partial charge on any atom is 0.242 e. The monoisotopic (exact) mass is 334 g/mol. The van der Waals surface area contributed by atoms with E-state index in [9.17, 15) is 13.6 Å². The Labute approximate surface area is 119 Å². The van der Waals surface area contributed by atoms with Crippen molar-refractivity contribution in [3.05, 3.63) is 28.2 Å². The Morgan fingerprint density at radius 1 is 1.26 bits per heavy atom. The molecule has 1 atom stereocenters. The number of hydrogen-bond donors (Lipinski definition) is 2. The third kappa shape index (κ3) is 4.78. The van der Waals surface area contributed by atoms with Crippen molar-refractivity contribution in [1.29, 1.82) is 0 Å². The van der Waals surface area contributed by atoms with E-state index in [0.29, 0.717) is 12.5 Å². The van der Waals surface area contributed by atoms with Crippen LogP contribution in [0.3, 0.4) is 0 Å². The number of carbonyl (C=O) groups is 1. The Bertz CT molecular complexity index is 466. The van der Waals surface area contributed by atoms with Gasteiger partial charge in [0.2, 0.25) is 5.91 Å². The highest BCUT2D eigenvalue weighted by Gasteiger charge is 2.16. The van der Waals surface area contributed by atoms with Crippen molar-refractivity contribution in [3.8, 4) is 0 Å². The molecule has 0 aromatic heterocycles. The molecule has 0 aliphatic carbocycles. The first-order chi connectivity index (χ1) is 8.81. The average Bonchev–Trinajstić information content (AvgIpc) is 2.32. The lowest BCUT2D eigenvalue weighted by molar-refractivity contribution is -0.121. The molecule has 0 aliphatic heterocycles. The van der Waals surface area contributed by atoms with E-state index < -0.39 is 17.7 Å². The van der Waals surface area contributed by atoms with Gasteiger partial charge >= 0.3 is 0 Å². The third-order valence-electron chi connectivity index (χ3n) is 2.46. The van der Waals surface area contributed by atoms with E-state index in [2.05, 4.69) is 26.6 Å². The Morgan fingerprint density at radius 3 is 2.47 bits per heavy atom. The number of carbonyl (C=O) groups excluding carboxylic acids is 1. The van der Waals surface area contributed by atoms with E-state index in [0.717, 1.165) is 6.07 Å². The second-order valence-electron chi connectivity index (χ2n) is 4.75. The zero-order valence-electron chi connectivity index (χ0n) is 11.1. The third-order valence-corrected chi connectivity index (χ3v) is 3.07. The van der Waals surface area contributed by atoms with E-state index >= 15 is 0 Å². The van der Waals surface area contributed by atoms with Crippen LogP contribution in [0.5, 0.6) is 0 Å². The van der Waals surface area contributed by atoms with Crippen molar-refractivity contribution in [2.24, 2.45) is 5.92 Å². The van der Waals surface area contributed by atoms with E-state index in [4.69, 9.17) is 0 Å². The van der Waals surface area contributed by atoms with Crippen LogP contribution in [0, 0.1) is 17.6 Å². The second kappa shape index (κ2) is 6.84. The standard InChI is InChI=1S/C13H17BrF2N2O/c1-7(2)6-17-13(19)8(3)18-12-4-9(14)10(15)5-11(12)16/h4-5,7-8,18H,6H2,1-3H3,(H,17,19). The van der Waals surface area contributed by atoms with Gasteiger partial charge in [0.25, 0.3) is 0 Å². The lowest BCUT2D eigenvalue weighted by Crippen LogP contribution is -2.39. The summed E-state index contributed by atoms with van der Waals surface area (Å²) in [6, 6.07) is 1.44. The van der Waals surface area contributed by atoms with Gasteiger partial charge < -0.3 is 10.6 Å². The van der Waals surface area contributed by atoms with Crippen LogP contribution in [0.15, 0.2) is 16.6 Å². The molecule has 1 rings (SSSR count). The molecule has 0 saturated heterocycles. The van der Waals surface area contributed by atoms with Gasteiger partial charge in [-0.05, 0) is 34.8 Å². The Kier molecular flexibility index (Phi) is 5.72. The molecule has 0 bridgehead atoms. The molecule has 0 aliphatic rings. The van der Waals surface area contributed by atoms with Crippen LogP contribution in [0.2, 0.25) is 0 Å². The van der Waals surface area contributed by atoms with Gasteiger partial charge in [-0.25, -0.2) is 8.78 Å². The quantitative estimate of drug-likeness (QED) is 0.811. The van der Waals surface area contributed by atoms with Gasteiger partial charge in [-0.2, -0.15) is 0 Å². The number of amides is 1. The Morgan fingerprint density at radius 2 is 1.89 bits per heavy atom. The minimum atomic E-state index is -0.732. The van der Waals surface area contributed by atoms with E-state index in [1.807, 2.05) is 13.8 Å². The lowest BCUT2D eigenvalue weighted by Gasteiger charge is -2.17. The summed E-state index contributed by atoms with van der Waals surface area (Å²) in [6.45, 7) is 6.14. The number of anilines is 1. The van der Waals surface area contributed by atoms with Crippen LogP contribution in [-0.2, 0) is 4.79 Å². The first kappa shape index (κ1) is 15.9. The van der Waals surface area contributed by atoms with Crippen molar-refractivity contribution in [2.45, 2.75) is 26.8 Å². The first-order valence-corrected chi connectivity index (χ1v) is 6.79. The van der Waals surface area contributed by atoms with E-state index in [1.165, 1.54) is 6.07 Å². The van der Waals surface area contributed by atoms with Gasteiger partial charge in [0.05, 0.1) is 10.2 Å². The molecule has 0 saturated carbocycles. The number of rotatable bonds is 5. The molecule has 1 unspecified atom stereocenters. The molecule has 0 spiro atoms. The summed E-state index contributed by atoms with van der Waals surface area (Å²) in [5.41, 5.74) is 0.0838. The van der Waals surface area contributed by atoms with Gasteiger partial charge in [-0.3, -0.25) is 4.79 Å². The predicted octanol–water partition coefficient (Wildman–Crippen LogP) is 3.30. The van der Waals surface area contributed by atoms with Crippen LogP contribution >= 0.6 is 15.9 Å². The maximum atomic E-state index is 13.5. The van der Waals surface area contributed by atoms with Gasteiger partial charge in [-0.1, -0.05) is 13.8 Å². The lowest BCUT2D eigenvalue weighted by atomic mass is 10.2. The van der Waals surface area contributed by atoms with Crippen LogP contribution in [0.25, 0.3) is 0 Å². The molecule has 106 valence electrons. The van der Waals surface area contributed by atoms with Gasteiger partial charge in [0, 0.05) is 12.6 Å². The summed E-state index contributed by atoms with van der Waals surface area (Å²) >= 11 is 2.97. The largest absolute Gasteiger partial charge is 0.371 e. The second-order valence-corrected chi connectivity index (χ2v) is 5.61. The summed E-state index contributed by atoms with van der Waals surface area (Å²) in [5.74, 6) is -1.30. The highest BCUT2D eigenvalue weighted by molar-refractivity contribution is 9.10. The fraction of sp³-hybridized carbons (Fsp3) is 0.462. The van der Waals surface area contributed by atoms with Crippen molar-refractivity contribution in [1.82, 2.24) is 5.32 Å². The highest BCUT2D eigenvalue weighted by atomic mass is 79.9.